The third-order valence-corrected chi connectivity index (χ3v) is 7.09. The average molecular weight is 475 g/mol. The van der Waals surface area contributed by atoms with E-state index < -0.39 is 0 Å². The molecule has 3 amide bonds. The zero-order valence-electron chi connectivity index (χ0n) is 20.6. The molecule has 3 aromatic rings. The Bertz CT molecular complexity index is 1230. The second kappa shape index (κ2) is 10.1. The number of carbonyl (C=O) groups is 2. The highest BCUT2D eigenvalue weighted by Gasteiger charge is 2.28. The van der Waals surface area contributed by atoms with Crippen molar-refractivity contribution in [3.8, 4) is 0 Å². The van der Waals surface area contributed by atoms with E-state index in [1.165, 1.54) is 6.42 Å². The number of carbonyl (C=O) groups excluding carboxylic acids is 2. The molecule has 1 unspecified atom stereocenters. The van der Waals surface area contributed by atoms with Crippen molar-refractivity contribution in [3.63, 3.8) is 0 Å². The summed E-state index contributed by atoms with van der Waals surface area (Å²) in [4.78, 5) is 37.6. The highest BCUT2D eigenvalue weighted by molar-refractivity contribution is 6.04. The van der Waals surface area contributed by atoms with Gasteiger partial charge in [-0.05, 0) is 63.6 Å². The van der Waals surface area contributed by atoms with Gasteiger partial charge in [-0.15, -0.1) is 0 Å². The minimum Gasteiger partial charge on any atom is -0.338 e. The quantitative estimate of drug-likeness (QED) is 0.584. The van der Waals surface area contributed by atoms with Gasteiger partial charge in [0.1, 0.15) is 11.3 Å². The maximum atomic E-state index is 13.6. The van der Waals surface area contributed by atoms with Gasteiger partial charge in [0.2, 0.25) is 0 Å². The van der Waals surface area contributed by atoms with Crippen molar-refractivity contribution in [2.75, 3.05) is 25.0 Å². The Kier molecular flexibility index (Phi) is 6.70. The van der Waals surface area contributed by atoms with Crippen LogP contribution < -0.4 is 10.6 Å². The van der Waals surface area contributed by atoms with E-state index in [0.717, 1.165) is 79.1 Å². The van der Waals surface area contributed by atoms with Crippen molar-refractivity contribution >= 4 is 28.8 Å². The highest BCUT2D eigenvalue weighted by Crippen LogP contribution is 2.26. The summed E-state index contributed by atoms with van der Waals surface area (Å²) >= 11 is 0. The van der Waals surface area contributed by atoms with Crippen LogP contribution in [0.2, 0.25) is 0 Å². The number of urea groups is 1. The zero-order chi connectivity index (χ0) is 24.4. The topological polar surface area (TPSA) is 92.2 Å². The minimum atomic E-state index is -0.219. The minimum absolute atomic E-state index is 0.0163. The lowest BCUT2D eigenvalue weighted by atomic mass is 9.97. The van der Waals surface area contributed by atoms with E-state index in [0.29, 0.717) is 18.7 Å². The Morgan fingerprint density at radius 1 is 1.03 bits per heavy atom. The van der Waals surface area contributed by atoms with Gasteiger partial charge in [-0.3, -0.25) is 4.79 Å². The lowest BCUT2D eigenvalue weighted by Crippen LogP contribution is -2.44. The molecule has 8 nitrogen and oxygen atoms in total. The van der Waals surface area contributed by atoms with Crippen molar-refractivity contribution in [2.45, 2.75) is 58.9 Å². The first-order chi connectivity index (χ1) is 17.0. The number of piperidine rings is 1. The summed E-state index contributed by atoms with van der Waals surface area (Å²) in [5.74, 6) is 1.28. The first-order valence-electron chi connectivity index (χ1n) is 12.8. The van der Waals surface area contributed by atoms with Crippen molar-refractivity contribution in [2.24, 2.45) is 5.92 Å². The number of aryl methyl sites for hydroxylation is 4. The van der Waals surface area contributed by atoms with Crippen molar-refractivity contribution in [1.29, 1.82) is 0 Å². The largest absolute Gasteiger partial charge is 0.338 e. The Morgan fingerprint density at radius 2 is 1.86 bits per heavy atom. The maximum absolute atomic E-state index is 13.6. The van der Waals surface area contributed by atoms with Gasteiger partial charge in [-0.1, -0.05) is 24.1 Å². The Hall–Kier alpha value is -3.42. The molecule has 1 fully saturated rings. The molecule has 1 saturated heterocycles. The Morgan fingerprint density at radius 3 is 2.69 bits per heavy atom. The molecule has 184 valence electrons. The summed E-state index contributed by atoms with van der Waals surface area (Å²) in [7, 11) is 0. The predicted octanol–water partition coefficient (Wildman–Crippen LogP) is 4.45. The van der Waals surface area contributed by atoms with E-state index in [4.69, 9.17) is 9.97 Å². The summed E-state index contributed by atoms with van der Waals surface area (Å²) in [5.41, 5.74) is 4.98. The molecule has 5 rings (SSSR count). The van der Waals surface area contributed by atoms with Crippen LogP contribution in [0.25, 0.3) is 11.2 Å². The first kappa shape index (κ1) is 23.3. The van der Waals surface area contributed by atoms with E-state index >= 15 is 0 Å². The van der Waals surface area contributed by atoms with E-state index in [9.17, 15) is 9.59 Å². The summed E-state index contributed by atoms with van der Waals surface area (Å²) < 4.78 is 2.21. The molecule has 2 N–H and O–H groups in total. The van der Waals surface area contributed by atoms with E-state index in [1.54, 1.807) is 0 Å². The number of imidazole rings is 1. The third-order valence-electron chi connectivity index (χ3n) is 7.09. The molecule has 4 heterocycles. The van der Waals surface area contributed by atoms with Gasteiger partial charge in [0, 0.05) is 44.0 Å². The summed E-state index contributed by atoms with van der Waals surface area (Å²) in [6.45, 7) is 6.76. The van der Waals surface area contributed by atoms with Crippen LogP contribution in [0.4, 0.5) is 10.5 Å². The highest BCUT2D eigenvalue weighted by atomic mass is 16.2. The molecule has 1 aromatic carbocycles. The number of likely N-dealkylation sites (tertiary alicyclic amines) is 1. The number of benzene rings is 1. The predicted molar refractivity (Wildman–Crippen MR) is 137 cm³/mol. The normalized spacial score (nSPS) is 18.1. The van der Waals surface area contributed by atoms with Crippen LogP contribution in [-0.4, -0.2) is 51.0 Å². The molecule has 0 bridgehead atoms. The van der Waals surface area contributed by atoms with Crippen molar-refractivity contribution in [1.82, 2.24) is 24.8 Å². The van der Waals surface area contributed by atoms with Gasteiger partial charge in [-0.2, -0.15) is 0 Å². The molecule has 35 heavy (non-hydrogen) atoms. The monoisotopic (exact) mass is 474 g/mol. The second-order valence-corrected chi connectivity index (χ2v) is 9.93. The molecule has 0 spiro atoms. The van der Waals surface area contributed by atoms with Gasteiger partial charge < -0.3 is 20.1 Å². The van der Waals surface area contributed by atoms with Crippen LogP contribution in [0.1, 0.15) is 59.5 Å². The second-order valence-electron chi connectivity index (χ2n) is 9.93. The fraction of sp³-hybridized carbons (Fsp3) is 0.481. The molecule has 2 aromatic heterocycles. The van der Waals surface area contributed by atoms with E-state index in [-0.39, 0.29) is 17.9 Å². The summed E-state index contributed by atoms with van der Waals surface area (Å²) in [6.07, 6.45) is 6.29. The standard InChI is InChI=1S/C27H34N6O2/c1-18-9-11-21(12-10-18)30-27(35)28-16-20-7-6-13-32(17-20)26(34)22-15-19(2)29-25-24(22)31-23-8-4-3-5-14-33(23)25/h9-12,15,20H,3-8,13-14,16-17H2,1-2H3,(H2,28,30,35). The number of amides is 3. The van der Waals surface area contributed by atoms with Crippen molar-refractivity contribution in [3.05, 3.63) is 53.0 Å². The van der Waals surface area contributed by atoms with Crippen LogP contribution in [0.3, 0.4) is 0 Å². The lowest BCUT2D eigenvalue weighted by Gasteiger charge is -2.33. The Balaban J connectivity index is 1.26. The molecule has 0 saturated carbocycles. The molecule has 0 radical (unpaired) electrons. The van der Waals surface area contributed by atoms with Gasteiger partial charge in [0.25, 0.3) is 5.91 Å². The van der Waals surface area contributed by atoms with Crippen LogP contribution in [0.5, 0.6) is 0 Å². The first-order valence-corrected chi connectivity index (χ1v) is 12.8. The van der Waals surface area contributed by atoms with Crippen molar-refractivity contribution < 1.29 is 9.59 Å². The van der Waals surface area contributed by atoms with Crippen LogP contribution in [0, 0.1) is 19.8 Å². The molecule has 0 aliphatic carbocycles. The number of nitrogens with zero attached hydrogens (tertiary/aromatic N) is 4. The smallest absolute Gasteiger partial charge is 0.319 e. The van der Waals surface area contributed by atoms with Gasteiger partial charge in [-0.25, -0.2) is 14.8 Å². The molecular formula is C27H34N6O2. The molecule has 1 atom stereocenters. The summed E-state index contributed by atoms with van der Waals surface area (Å²) in [6, 6.07) is 9.38. The number of hydrogen-bond acceptors (Lipinski definition) is 4. The lowest BCUT2D eigenvalue weighted by molar-refractivity contribution is 0.0677. The fourth-order valence-electron chi connectivity index (χ4n) is 5.21. The molecule has 2 aliphatic rings. The number of nitrogens with one attached hydrogen (secondary N) is 2. The molecular weight excluding hydrogens is 440 g/mol. The van der Waals surface area contributed by atoms with E-state index in [2.05, 4.69) is 15.2 Å². The number of hydrogen-bond donors (Lipinski definition) is 2. The van der Waals surface area contributed by atoms with Crippen LogP contribution >= 0.6 is 0 Å². The number of aromatic nitrogens is 3. The maximum Gasteiger partial charge on any atom is 0.319 e. The van der Waals surface area contributed by atoms with Crippen LogP contribution in [0.15, 0.2) is 30.3 Å². The number of fused-ring (bicyclic) bond motifs is 3. The summed E-state index contributed by atoms with van der Waals surface area (Å²) in [5, 5.41) is 5.85. The SMILES string of the molecule is Cc1ccc(NC(=O)NCC2CCCN(C(=O)c3cc(C)nc4c3nc3n4CCCCC3)C2)cc1. The third kappa shape index (κ3) is 5.16. The Labute approximate surface area is 206 Å². The van der Waals surface area contributed by atoms with Gasteiger partial charge in [0.15, 0.2) is 5.65 Å². The van der Waals surface area contributed by atoms with Gasteiger partial charge in [0.05, 0.1) is 5.56 Å². The van der Waals surface area contributed by atoms with E-state index in [1.807, 2.05) is 49.1 Å². The van der Waals surface area contributed by atoms with Gasteiger partial charge >= 0.3 is 6.03 Å². The van der Waals surface area contributed by atoms with Crippen LogP contribution in [-0.2, 0) is 13.0 Å². The number of rotatable bonds is 4. The zero-order valence-corrected chi connectivity index (χ0v) is 20.6. The number of anilines is 1. The fourth-order valence-corrected chi connectivity index (χ4v) is 5.21. The average Bonchev–Trinajstić information content (AvgIpc) is 3.03. The molecule has 8 heteroatoms. The molecule has 2 aliphatic heterocycles. The number of pyridine rings is 1.